The van der Waals surface area contributed by atoms with Crippen LogP contribution in [0.2, 0.25) is 0 Å². The Morgan fingerprint density at radius 3 is 2.47 bits per heavy atom. The molecule has 0 N–H and O–H groups in total. The van der Waals surface area contributed by atoms with Crippen LogP contribution in [-0.4, -0.2) is 33.2 Å². The first-order chi connectivity index (χ1) is 8.12. The molecule has 90 valence electrons. The Morgan fingerprint density at radius 1 is 1.29 bits per heavy atom. The quantitative estimate of drug-likeness (QED) is 0.746. The van der Waals surface area contributed by atoms with Crippen molar-refractivity contribution in [1.82, 2.24) is 4.90 Å². The van der Waals surface area contributed by atoms with Crippen molar-refractivity contribution >= 4 is 5.57 Å². The smallest absolute Gasteiger partial charge is 0.131 e. The number of hydrogen-bond acceptors (Lipinski definition) is 4. The summed E-state index contributed by atoms with van der Waals surface area (Å²) in [7, 11) is 6.90. The van der Waals surface area contributed by atoms with Crippen LogP contribution in [0.3, 0.4) is 0 Å². The lowest BCUT2D eigenvalue weighted by Gasteiger charge is -2.11. The van der Waals surface area contributed by atoms with Gasteiger partial charge in [-0.1, -0.05) is 0 Å². The van der Waals surface area contributed by atoms with Gasteiger partial charge in [0.05, 0.1) is 19.8 Å². The van der Waals surface area contributed by atoms with Crippen molar-refractivity contribution in [2.24, 2.45) is 0 Å². The van der Waals surface area contributed by atoms with Gasteiger partial charge in [0.1, 0.15) is 17.6 Å². The Morgan fingerprint density at radius 2 is 2.00 bits per heavy atom. The van der Waals surface area contributed by atoms with Gasteiger partial charge in [0, 0.05) is 31.9 Å². The summed E-state index contributed by atoms with van der Waals surface area (Å²) in [5, 5.41) is 9.14. The summed E-state index contributed by atoms with van der Waals surface area (Å²) >= 11 is 0. The molecular weight excluding hydrogens is 216 g/mol. The van der Waals surface area contributed by atoms with E-state index >= 15 is 0 Å². The highest BCUT2D eigenvalue weighted by Gasteiger charge is 2.09. The fourth-order valence-corrected chi connectivity index (χ4v) is 1.44. The number of hydrogen-bond donors (Lipinski definition) is 0. The lowest BCUT2D eigenvalue weighted by atomic mass is 10.1. The van der Waals surface area contributed by atoms with Crippen molar-refractivity contribution in [3.63, 3.8) is 0 Å². The minimum Gasteiger partial charge on any atom is -0.497 e. The van der Waals surface area contributed by atoms with Crippen molar-refractivity contribution in [3.05, 3.63) is 30.0 Å². The zero-order valence-corrected chi connectivity index (χ0v) is 10.5. The van der Waals surface area contributed by atoms with E-state index in [1.165, 1.54) is 0 Å². The number of ether oxygens (including phenoxy) is 2. The number of allylic oxidation sites excluding steroid dienone is 1. The Kier molecular flexibility index (Phi) is 4.41. The van der Waals surface area contributed by atoms with Crippen LogP contribution in [-0.2, 0) is 0 Å². The lowest BCUT2D eigenvalue weighted by Crippen LogP contribution is -2.03. The number of benzene rings is 1. The maximum Gasteiger partial charge on any atom is 0.131 e. The molecule has 1 aromatic rings. The summed E-state index contributed by atoms with van der Waals surface area (Å²) in [5.74, 6) is 1.33. The molecule has 1 aromatic carbocycles. The molecule has 1 rings (SSSR count). The van der Waals surface area contributed by atoms with Crippen LogP contribution >= 0.6 is 0 Å². The maximum atomic E-state index is 9.14. The molecule has 0 aliphatic carbocycles. The van der Waals surface area contributed by atoms with E-state index in [1.807, 2.05) is 25.1 Å². The van der Waals surface area contributed by atoms with Gasteiger partial charge in [-0.15, -0.1) is 0 Å². The summed E-state index contributed by atoms with van der Waals surface area (Å²) in [6.07, 6.45) is 1.75. The van der Waals surface area contributed by atoms with Gasteiger partial charge in [0.2, 0.25) is 0 Å². The van der Waals surface area contributed by atoms with Crippen molar-refractivity contribution < 1.29 is 9.47 Å². The van der Waals surface area contributed by atoms with Gasteiger partial charge < -0.3 is 14.4 Å². The van der Waals surface area contributed by atoms with Crippen LogP contribution in [0.4, 0.5) is 0 Å². The minimum absolute atomic E-state index is 0.550. The monoisotopic (exact) mass is 232 g/mol. The molecule has 0 fully saturated rings. The number of nitrogens with zero attached hydrogens (tertiary/aromatic N) is 2. The predicted octanol–water partition coefficient (Wildman–Crippen LogP) is 2.13. The average molecular weight is 232 g/mol. The molecule has 4 heteroatoms. The van der Waals surface area contributed by atoms with Crippen LogP contribution in [0.5, 0.6) is 11.5 Å². The first-order valence-corrected chi connectivity index (χ1v) is 5.13. The van der Waals surface area contributed by atoms with E-state index in [-0.39, 0.29) is 0 Å². The Hall–Kier alpha value is -2.15. The van der Waals surface area contributed by atoms with Gasteiger partial charge in [0.25, 0.3) is 0 Å². The van der Waals surface area contributed by atoms with Crippen molar-refractivity contribution in [1.29, 1.82) is 5.26 Å². The first-order valence-electron chi connectivity index (χ1n) is 5.13. The van der Waals surface area contributed by atoms with E-state index < -0.39 is 0 Å². The van der Waals surface area contributed by atoms with Gasteiger partial charge >= 0.3 is 0 Å². The molecule has 17 heavy (non-hydrogen) atoms. The van der Waals surface area contributed by atoms with Crippen LogP contribution in [0.15, 0.2) is 24.4 Å². The fraction of sp³-hybridized carbons (Fsp3) is 0.308. The number of methoxy groups -OCH3 is 2. The summed E-state index contributed by atoms with van der Waals surface area (Å²) in [5.41, 5.74) is 1.30. The van der Waals surface area contributed by atoms with Crippen LogP contribution < -0.4 is 9.47 Å². The molecule has 0 radical (unpaired) electrons. The lowest BCUT2D eigenvalue weighted by molar-refractivity contribution is 0.393. The van der Waals surface area contributed by atoms with E-state index in [0.717, 1.165) is 5.56 Å². The normalized spacial score (nSPS) is 10.6. The third kappa shape index (κ3) is 3.15. The standard InChI is InChI=1S/C13H16N2O2/c1-15(2)9-10(8-14)12-6-5-11(16-3)7-13(12)17-4/h5-7,9H,1-4H3/b10-9+. The van der Waals surface area contributed by atoms with Crippen molar-refractivity contribution in [3.8, 4) is 17.6 Å². The first kappa shape index (κ1) is 12.9. The second kappa shape index (κ2) is 5.80. The van der Waals surface area contributed by atoms with Gasteiger partial charge in [-0.25, -0.2) is 0 Å². The molecule has 0 saturated carbocycles. The molecule has 0 aliphatic rings. The Balaban J connectivity index is 3.26. The summed E-state index contributed by atoms with van der Waals surface area (Å²) in [6, 6.07) is 7.54. The largest absolute Gasteiger partial charge is 0.497 e. The van der Waals surface area contributed by atoms with Crippen LogP contribution in [0.25, 0.3) is 5.57 Å². The third-order valence-electron chi connectivity index (χ3n) is 2.21. The highest BCUT2D eigenvalue weighted by Crippen LogP contribution is 2.29. The molecule has 0 amide bonds. The minimum atomic E-state index is 0.550. The SMILES string of the molecule is COc1ccc(/C(C#N)=C/N(C)C)c(OC)c1. The molecular formula is C13H16N2O2. The molecule has 0 spiro atoms. The molecule has 0 heterocycles. The van der Waals surface area contributed by atoms with Crippen molar-refractivity contribution in [2.75, 3.05) is 28.3 Å². The summed E-state index contributed by atoms with van der Waals surface area (Å²) in [4.78, 5) is 1.82. The predicted molar refractivity (Wildman–Crippen MR) is 66.8 cm³/mol. The maximum absolute atomic E-state index is 9.14. The van der Waals surface area contributed by atoms with E-state index in [9.17, 15) is 0 Å². The van der Waals surface area contributed by atoms with E-state index in [4.69, 9.17) is 14.7 Å². The molecule has 0 saturated heterocycles. The molecule has 0 bridgehead atoms. The topological polar surface area (TPSA) is 45.5 Å². The summed E-state index contributed by atoms with van der Waals surface area (Å²) in [6.45, 7) is 0. The molecule has 0 atom stereocenters. The molecule has 0 aromatic heterocycles. The Bertz CT molecular complexity index is 459. The van der Waals surface area contributed by atoms with E-state index in [0.29, 0.717) is 17.1 Å². The zero-order chi connectivity index (χ0) is 12.8. The number of rotatable bonds is 4. The van der Waals surface area contributed by atoms with E-state index in [2.05, 4.69) is 6.07 Å². The number of nitriles is 1. The Labute approximate surface area is 102 Å². The highest BCUT2D eigenvalue weighted by molar-refractivity contribution is 5.80. The van der Waals surface area contributed by atoms with Gasteiger partial charge in [-0.05, 0) is 12.1 Å². The van der Waals surface area contributed by atoms with E-state index in [1.54, 1.807) is 32.6 Å². The second-order valence-corrected chi connectivity index (χ2v) is 3.68. The third-order valence-corrected chi connectivity index (χ3v) is 2.21. The van der Waals surface area contributed by atoms with Gasteiger partial charge in [-0.2, -0.15) is 5.26 Å². The van der Waals surface area contributed by atoms with Crippen LogP contribution in [0.1, 0.15) is 5.56 Å². The summed E-state index contributed by atoms with van der Waals surface area (Å²) < 4.78 is 10.4. The van der Waals surface area contributed by atoms with Gasteiger partial charge in [-0.3, -0.25) is 0 Å². The van der Waals surface area contributed by atoms with Gasteiger partial charge in [0.15, 0.2) is 0 Å². The second-order valence-electron chi connectivity index (χ2n) is 3.68. The molecule has 0 unspecified atom stereocenters. The zero-order valence-electron chi connectivity index (χ0n) is 10.5. The van der Waals surface area contributed by atoms with Crippen molar-refractivity contribution in [2.45, 2.75) is 0 Å². The van der Waals surface area contributed by atoms with Crippen LogP contribution in [0, 0.1) is 11.3 Å². The fourth-order valence-electron chi connectivity index (χ4n) is 1.44. The highest BCUT2D eigenvalue weighted by atomic mass is 16.5. The molecule has 0 aliphatic heterocycles. The average Bonchev–Trinajstić information content (AvgIpc) is 2.35. The molecule has 4 nitrogen and oxygen atoms in total.